The van der Waals surface area contributed by atoms with E-state index in [9.17, 15) is 0 Å². The summed E-state index contributed by atoms with van der Waals surface area (Å²) in [4.78, 5) is 0. The number of rotatable bonds is 0. The fourth-order valence-corrected chi connectivity index (χ4v) is 7.30. The van der Waals surface area contributed by atoms with Crippen molar-refractivity contribution in [1.82, 2.24) is 0 Å². The van der Waals surface area contributed by atoms with Crippen LogP contribution >= 0.6 is 49.6 Å². The van der Waals surface area contributed by atoms with Crippen LogP contribution in [0.1, 0.15) is 105 Å². The zero-order chi connectivity index (χ0) is 33.0. The Labute approximate surface area is 359 Å². The number of allylic oxidation sites excluding steroid dienone is 12. The molecule has 0 radical (unpaired) electrons. The largest absolute Gasteiger partial charge is 0.126 e. The van der Waals surface area contributed by atoms with E-state index in [0.29, 0.717) is 5.92 Å². The first-order valence-corrected chi connectivity index (χ1v) is 19.7. The monoisotopic (exact) mass is 904 g/mol. The van der Waals surface area contributed by atoms with Crippen LogP contribution in [0.2, 0.25) is 0 Å². The van der Waals surface area contributed by atoms with Crippen LogP contribution < -0.4 is 0 Å². The first kappa shape index (κ1) is 51.5. The summed E-state index contributed by atoms with van der Waals surface area (Å²) in [5.74, 6) is 0.556. The van der Waals surface area contributed by atoms with E-state index in [1.165, 1.54) is 102 Å². The quantitative estimate of drug-likeness (QED) is 0.197. The van der Waals surface area contributed by atoms with Crippen molar-refractivity contribution in [2.45, 2.75) is 105 Å². The molecule has 268 valence electrons. The van der Waals surface area contributed by atoms with E-state index in [1.54, 1.807) is 54.9 Å². The fourth-order valence-electron chi connectivity index (χ4n) is 5.57. The van der Waals surface area contributed by atoms with Crippen molar-refractivity contribution < 1.29 is 48.5 Å². The Morgan fingerprint density at radius 1 is 0.680 bits per heavy atom. The molecule has 2 saturated carbocycles. The van der Waals surface area contributed by atoms with Crippen molar-refractivity contribution in [3.63, 3.8) is 0 Å². The topological polar surface area (TPSA) is 0 Å². The van der Waals surface area contributed by atoms with Gasteiger partial charge in [-0.2, -0.15) is 17.7 Å². The third kappa shape index (κ3) is 21.2. The van der Waals surface area contributed by atoms with Gasteiger partial charge in [0.2, 0.25) is 0 Å². The Balaban J connectivity index is 0. The van der Waals surface area contributed by atoms with Crippen LogP contribution in [0.15, 0.2) is 108 Å². The van der Waals surface area contributed by atoms with Crippen LogP contribution in [0.5, 0.6) is 0 Å². The molecule has 1 unspecified atom stereocenters. The number of fused-ring (bicyclic) bond motifs is 3. The summed E-state index contributed by atoms with van der Waals surface area (Å²) in [6.45, 7) is 8.47. The van der Waals surface area contributed by atoms with Crippen molar-refractivity contribution >= 4 is 77.6 Å². The molecule has 8 rings (SSSR count). The third-order valence-electron chi connectivity index (χ3n) is 8.47. The predicted octanol–water partition coefficient (Wildman–Crippen LogP) is 14.1. The van der Waals surface area contributed by atoms with Gasteiger partial charge >= 0.3 is 119 Å². The number of benzene rings is 2. The van der Waals surface area contributed by atoms with E-state index >= 15 is 0 Å². The Bertz CT molecular complexity index is 1490. The maximum atomic E-state index is 3.22. The Morgan fingerprint density at radius 3 is 1.42 bits per heavy atom. The average Bonchev–Trinajstić information content (AvgIpc) is 3.90. The first-order valence-electron chi connectivity index (χ1n) is 17.2. The summed E-state index contributed by atoms with van der Waals surface area (Å²) in [5, 5.41) is 5.39. The van der Waals surface area contributed by atoms with Crippen molar-refractivity contribution in [2.24, 2.45) is 5.92 Å². The second kappa shape index (κ2) is 30.8. The van der Waals surface area contributed by atoms with Gasteiger partial charge in [0, 0.05) is 0 Å². The van der Waals surface area contributed by atoms with Gasteiger partial charge in [-0.05, 0) is 0 Å². The molecule has 5 aliphatic carbocycles. The molecule has 0 aliphatic heterocycles. The Morgan fingerprint density at radius 2 is 1.18 bits per heavy atom. The maximum Gasteiger partial charge on any atom is -0.0771 e. The molecule has 3 aromatic rings. The smallest absolute Gasteiger partial charge is 0.0771 e. The molecule has 5 aliphatic rings. The van der Waals surface area contributed by atoms with Gasteiger partial charge in [-0.25, -0.2) is 35.5 Å². The van der Waals surface area contributed by atoms with Gasteiger partial charge in [0.15, 0.2) is 0 Å². The van der Waals surface area contributed by atoms with E-state index in [1.807, 2.05) is 12.2 Å². The summed E-state index contributed by atoms with van der Waals surface area (Å²) < 4.78 is 3.61. The van der Waals surface area contributed by atoms with Crippen LogP contribution in [0.25, 0.3) is 21.5 Å². The minimum Gasteiger partial charge on any atom is -0.126 e. The molecule has 3 aromatic carbocycles. The number of hydrogen-bond acceptors (Lipinski definition) is 0. The molecule has 50 heavy (non-hydrogen) atoms. The molecule has 6 heteroatoms. The molecular weight excluding hydrogens is 853 g/mol. The normalized spacial score (nSPS) is 17.7. The molecule has 1 atom stereocenters. The summed E-state index contributed by atoms with van der Waals surface area (Å²) in [5.41, 5.74) is 4.12. The van der Waals surface area contributed by atoms with E-state index in [0.717, 1.165) is 12.8 Å². The molecule has 0 spiro atoms. The second-order valence-electron chi connectivity index (χ2n) is 12.6. The van der Waals surface area contributed by atoms with Crippen LogP contribution in [0.3, 0.4) is 0 Å². The van der Waals surface area contributed by atoms with Gasteiger partial charge in [0.25, 0.3) is 0 Å². The van der Waals surface area contributed by atoms with Crippen molar-refractivity contribution in [3.05, 3.63) is 126 Å². The summed E-state index contributed by atoms with van der Waals surface area (Å²) in [7, 11) is 0. The van der Waals surface area contributed by atoms with Crippen molar-refractivity contribution in [1.29, 1.82) is 0 Å². The predicted molar refractivity (Wildman–Crippen MR) is 225 cm³/mol. The fraction of sp³-hybridized carbons (Fsp3) is 0.386. The Hall–Kier alpha value is -0.584. The third-order valence-corrected chi connectivity index (χ3v) is 10.9. The van der Waals surface area contributed by atoms with Crippen LogP contribution in [-0.4, -0.2) is 6.41 Å². The first-order chi connectivity index (χ1) is 22.3. The molecule has 2 fully saturated rings. The van der Waals surface area contributed by atoms with Gasteiger partial charge < -0.3 is 0 Å². The minimum atomic E-state index is 0. The van der Waals surface area contributed by atoms with Gasteiger partial charge in [-0.3, -0.25) is 18.2 Å². The summed E-state index contributed by atoms with van der Waals surface area (Å²) >= 11 is 3.38. The molecule has 0 N–H and O–H groups in total. The van der Waals surface area contributed by atoms with Crippen LogP contribution in [-0.2, 0) is 48.5 Å². The van der Waals surface area contributed by atoms with Crippen molar-refractivity contribution in [3.8, 4) is 0 Å². The van der Waals surface area contributed by atoms with E-state index < -0.39 is 0 Å². The molecule has 0 bridgehead atoms. The van der Waals surface area contributed by atoms with E-state index in [2.05, 4.69) is 125 Å². The summed E-state index contributed by atoms with van der Waals surface area (Å²) in [6, 6.07) is 19.3. The number of halogens is 4. The number of hydrogen-bond donors (Lipinski definition) is 0. The maximum absolute atomic E-state index is 3.22. The summed E-state index contributed by atoms with van der Waals surface area (Å²) in [6.07, 6.45) is 38.3. The standard InChI is InChI=1S/C13H9.2C7H9.2C6H10.C5H5.4ClH.2Zr/c1-3-7-12-10(5-1)9-11-6-2-4-8-13(11)12;1-6-3-4-7(2)5-6;1-6-4-3-5-7(6)2;2*1-2-4-6-5-3-1;1-2-4-5-3-1;;;;;;/h1-9H;3-4,6H,1-2H3;4H,5H2,1-2H3;2*1-5H2;1-3H,4H2;4*1H;;/q3*-1;;;-1;;;;;2*+2. The average molecular weight is 909 g/mol. The molecule has 0 aromatic heterocycles. The zero-order valence-corrected chi connectivity index (χ0v) is 38.5. The van der Waals surface area contributed by atoms with Gasteiger partial charge in [-0.15, -0.1) is 109 Å². The van der Waals surface area contributed by atoms with E-state index in [-0.39, 0.29) is 49.6 Å². The van der Waals surface area contributed by atoms with E-state index in [4.69, 9.17) is 0 Å². The molecule has 0 nitrogen and oxygen atoms in total. The molecular formula is C44H56Cl4Zr2. The SMILES string of the molecule is CC1=C(C)C[C-]=C1.CC1=[C-]C(C)C=C1.Cl.Cl.Cl.Cl.[C-]1=CC=CC1.[Zr+2]=[C]1CCCCC1.[Zr+2]=[C]1CCCCC1.c1ccc2c(c1)[cH-]c1ccccc12. The van der Waals surface area contributed by atoms with Crippen LogP contribution in [0.4, 0.5) is 0 Å². The van der Waals surface area contributed by atoms with Gasteiger partial charge in [-0.1, -0.05) is 63.1 Å². The van der Waals surface area contributed by atoms with Gasteiger partial charge in [0.1, 0.15) is 0 Å². The van der Waals surface area contributed by atoms with Crippen molar-refractivity contribution in [2.75, 3.05) is 0 Å². The molecule has 0 heterocycles. The molecule has 0 amide bonds. The van der Waals surface area contributed by atoms with Gasteiger partial charge in [0.05, 0.1) is 0 Å². The molecule has 0 saturated heterocycles. The zero-order valence-electron chi connectivity index (χ0n) is 30.4. The Kier molecular flexibility index (Phi) is 31.8. The van der Waals surface area contributed by atoms with Crippen LogP contribution in [0, 0.1) is 24.1 Å². The minimum absolute atomic E-state index is 0. The second-order valence-corrected chi connectivity index (χ2v) is 16.1.